The summed E-state index contributed by atoms with van der Waals surface area (Å²) < 4.78 is 0. The summed E-state index contributed by atoms with van der Waals surface area (Å²) in [5, 5.41) is 26.9. The van der Waals surface area contributed by atoms with Crippen LogP contribution in [0.3, 0.4) is 0 Å². The second kappa shape index (κ2) is 11.4. The highest BCUT2D eigenvalue weighted by Gasteiger charge is 2.37. The molecule has 9 nitrogen and oxygen atoms in total. The lowest BCUT2D eigenvalue weighted by molar-refractivity contribution is -0.122. The first-order valence-corrected chi connectivity index (χ1v) is 12.5. The highest BCUT2D eigenvalue weighted by atomic mass is 16.3. The van der Waals surface area contributed by atoms with Gasteiger partial charge in [0.05, 0.1) is 18.5 Å². The van der Waals surface area contributed by atoms with E-state index >= 15 is 0 Å². The highest BCUT2D eigenvalue weighted by molar-refractivity contribution is 6.19. The third-order valence-electron chi connectivity index (χ3n) is 5.79. The van der Waals surface area contributed by atoms with Gasteiger partial charge in [-0.05, 0) is 32.0 Å². The Labute approximate surface area is 224 Å². The average molecular weight is 526 g/mol. The molecule has 9 heteroatoms. The number of phenols is 2. The Morgan fingerprint density at radius 3 is 2.00 bits per heavy atom. The molecule has 0 unspecified atom stereocenters. The molecule has 2 rings (SSSR count). The fourth-order valence-electron chi connectivity index (χ4n) is 3.84. The number of nitrogens with zero attached hydrogens (tertiary/aromatic N) is 1. The van der Waals surface area contributed by atoms with Crippen LogP contribution in [0.15, 0.2) is 30.5 Å². The number of carbonyl (C=O) groups is 4. The molecule has 1 aromatic carbocycles. The van der Waals surface area contributed by atoms with Gasteiger partial charge in [0.25, 0.3) is 0 Å². The molecule has 38 heavy (non-hydrogen) atoms. The summed E-state index contributed by atoms with van der Waals surface area (Å²) in [7, 11) is 0. The Bertz CT molecular complexity index is 1220. The van der Waals surface area contributed by atoms with Crippen molar-refractivity contribution in [3.63, 3.8) is 0 Å². The summed E-state index contributed by atoms with van der Waals surface area (Å²) >= 11 is 0. The zero-order valence-corrected chi connectivity index (χ0v) is 23.5. The first-order chi connectivity index (χ1) is 17.3. The molecule has 0 bridgehead atoms. The van der Waals surface area contributed by atoms with Crippen LogP contribution in [0, 0.1) is 10.8 Å². The molecule has 0 radical (unpaired) electrons. The number of amides is 1. The number of nitrogens with one attached hydrogen (secondary N) is 2. The molecule has 2 aromatic rings. The van der Waals surface area contributed by atoms with Crippen molar-refractivity contribution < 1.29 is 29.4 Å². The van der Waals surface area contributed by atoms with Crippen molar-refractivity contribution in [2.75, 3.05) is 13.1 Å². The summed E-state index contributed by atoms with van der Waals surface area (Å²) in [6.07, 6.45) is 1.71. The lowest BCUT2D eigenvalue weighted by Crippen LogP contribution is -2.51. The minimum absolute atomic E-state index is 0.104. The third-order valence-corrected chi connectivity index (χ3v) is 5.79. The molecular weight excluding hydrogens is 486 g/mol. The number of carbonyl (C=O) groups excluding carboxylic acids is 4. The van der Waals surface area contributed by atoms with Crippen molar-refractivity contribution >= 4 is 23.3 Å². The second-order valence-electron chi connectivity index (χ2n) is 12.2. The number of pyridine rings is 1. The van der Waals surface area contributed by atoms with Crippen LogP contribution >= 0.6 is 0 Å². The zero-order valence-electron chi connectivity index (χ0n) is 23.5. The number of aromatic nitrogens is 1. The van der Waals surface area contributed by atoms with Gasteiger partial charge in [-0.1, -0.05) is 47.6 Å². The maximum absolute atomic E-state index is 13.5. The number of rotatable bonds is 10. The summed E-state index contributed by atoms with van der Waals surface area (Å²) in [5.74, 6) is -3.26. The predicted octanol–water partition coefficient (Wildman–Crippen LogP) is 3.86. The van der Waals surface area contributed by atoms with E-state index in [4.69, 9.17) is 0 Å². The Morgan fingerprint density at radius 2 is 1.47 bits per heavy atom. The van der Waals surface area contributed by atoms with Crippen LogP contribution in [-0.2, 0) is 11.2 Å². The Balaban J connectivity index is 2.32. The lowest BCUT2D eigenvalue weighted by atomic mass is 9.78. The molecule has 0 spiro atoms. The molecule has 1 aromatic heterocycles. The maximum atomic E-state index is 13.5. The summed E-state index contributed by atoms with van der Waals surface area (Å²) in [6, 6.07) is 6.36. The minimum Gasteiger partial charge on any atom is -0.504 e. The van der Waals surface area contributed by atoms with Crippen molar-refractivity contribution in [1.82, 2.24) is 15.6 Å². The van der Waals surface area contributed by atoms with Gasteiger partial charge in [0.15, 0.2) is 28.8 Å². The second-order valence-corrected chi connectivity index (χ2v) is 12.2. The molecule has 0 aliphatic rings. The molecule has 206 valence electrons. The minimum atomic E-state index is -1.00. The summed E-state index contributed by atoms with van der Waals surface area (Å²) in [5.41, 5.74) is -2.77. The van der Waals surface area contributed by atoms with E-state index < -0.39 is 45.2 Å². The first-order valence-electron chi connectivity index (χ1n) is 12.5. The first kappa shape index (κ1) is 30.6. The van der Waals surface area contributed by atoms with Crippen molar-refractivity contribution in [3.05, 3.63) is 52.8 Å². The molecule has 1 amide bonds. The van der Waals surface area contributed by atoms with E-state index in [9.17, 15) is 29.4 Å². The number of Topliss-reactive ketones (excluding diaryl/α,β-unsaturated/α-hetero) is 3. The fraction of sp³-hybridized carbons (Fsp3) is 0.483. The van der Waals surface area contributed by atoms with Crippen LogP contribution in [0.4, 0.5) is 0 Å². The van der Waals surface area contributed by atoms with Crippen molar-refractivity contribution in [2.45, 2.75) is 67.3 Å². The van der Waals surface area contributed by atoms with Crippen LogP contribution < -0.4 is 10.6 Å². The Kier molecular flexibility index (Phi) is 9.21. The molecule has 1 heterocycles. The monoisotopic (exact) mass is 525 g/mol. The largest absolute Gasteiger partial charge is 0.504 e. The van der Waals surface area contributed by atoms with Crippen molar-refractivity contribution in [3.8, 4) is 11.5 Å². The van der Waals surface area contributed by atoms with Gasteiger partial charge in [-0.3, -0.25) is 24.2 Å². The zero-order chi connectivity index (χ0) is 29.1. The summed E-state index contributed by atoms with van der Waals surface area (Å²) in [4.78, 5) is 56.7. The smallest absolute Gasteiger partial charge is 0.226 e. The van der Waals surface area contributed by atoms with E-state index in [0.717, 1.165) is 6.07 Å². The Morgan fingerprint density at radius 1 is 0.868 bits per heavy atom. The van der Waals surface area contributed by atoms with E-state index in [1.807, 2.05) is 0 Å². The Hall–Kier alpha value is -3.59. The third kappa shape index (κ3) is 7.71. The molecular formula is C29H39N3O6. The number of phenolic OH excluding ortho intramolecular Hbond substituents is 2. The van der Waals surface area contributed by atoms with E-state index in [2.05, 4.69) is 15.6 Å². The van der Waals surface area contributed by atoms with E-state index in [-0.39, 0.29) is 42.1 Å². The van der Waals surface area contributed by atoms with Gasteiger partial charge in [0, 0.05) is 45.9 Å². The van der Waals surface area contributed by atoms with Gasteiger partial charge in [0.1, 0.15) is 0 Å². The maximum Gasteiger partial charge on any atom is 0.226 e. The summed E-state index contributed by atoms with van der Waals surface area (Å²) in [6.45, 7) is 13.3. The fourth-order valence-corrected chi connectivity index (χ4v) is 3.84. The predicted molar refractivity (Wildman–Crippen MR) is 145 cm³/mol. The standard InChI is InChI=1S/C29H39N3O6/c1-27(2,3)25(37)18-14-19(33)24(36)23(26(38)28(4,5)6)22(18)20(34)15-30-16-29(7,8)32-21(35)13-17-11-9-10-12-31-17/h9-12,14,30,33,36H,13,15-16H2,1-8H3,(H,32,35). The molecule has 0 aliphatic heterocycles. The van der Waals surface area contributed by atoms with Crippen LogP contribution in [0.2, 0.25) is 0 Å². The van der Waals surface area contributed by atoms with Gasteiger partial charge in [-0.2, -0.15) is 0 Å². The average Bonchev–Trinajstić information content (AvgIpc) is 2.78. The van der Waals surface area contributed by atoms with Gasteiger partial charge < -0.3 is 20.8 Å². The van der Waals surface area contributed by atoms with Crippen LogP contribution in [0.25, 0.3) is 0 Å². The molecule has 4 N–H and O–H groups in total. The SMILES string of the molecule is CC(C)(CNCC(=O)c1c(C(=O)C(C)(C)C)cc(O)c(O)c1C(=O)C(C)(C)C)NC(=O)Cc1ccccn1. The molecule has 0 saturated carbocycles. The molecule has 0 saturated heterocycles. The molecule has 0 aliphatic carbocycles. The van der Waals surface area contributed by atoms with Gasteiger partial charge in [-0.25, -0.2) is 0 Å². The topological polar surface area (TPSA) is 146 Å². The van der Waals surface area contributed by atoms with Crippen molar-refractivity contribution in [1.29, 1.82) is 0 Å². The molecule has 0 fully saturated rings. The van der Waals surface area contributed by atoms with E-state index in [1.165, 1.54) is 0 Å². The van der Waals surface area contributed by atoms with Gasteiger partial charge in [0.2, 0.25) is 5.91 Å². The number of hydrogen-bond donors (Lipinski definition) is 4. The normalized spacial score (nSPS) is 12.2. The van der Waals surface area contributed by atoms with Crippen LogP contribution in [-0.4, -0.2) is 57.1 Å². The van der Waals surface area contributed by atoms with E-state index in [1.54, 1.807) is 79.8 Å². The lowest BCUT2D eigenvalue weighted by Gasteiger charge is -2.27. The molecule has 0 atom stereocenters. The number of hydrogen-bond acceptors (Lipinski definition) is 8. The highest BCUT2D eigenvalue weighted by Crippen LogP contribution is 2.40. The van der Waals surface area contributed by atoms with Crippen LogP contribution in [0.5, 0.6) is 11.5 Å². The quantitative estimate of drug-likeness (QED) is 0.270. The number of ketones is 3. The van der Waals surface area contributed by atoms with Gasteiger partial charge >= 0.3 is 0 Å². The number of aromatic hydroxyl groups is 2. The van der Waals surface area contributed by atoms with E-state index in [0.29, 0.717) is 5.69 Å². The van der Waals surface area contributed by atoms with Crippen molar-refractivity contribution in [2.24, 2.45) is 10.8 Å². The van der Waals surface area contributed by atoms with Crippen LogP contribution in [0.1, 0.15) is 92.2 Å². The number of benzene rings is 1. The van der Waals surface area contributed by atoms with Gasteiger partial charge in [-0.15, -0.1) is 0 Å².